The molecular formula is C6H5Cl2N. The first kappa shape index (κ1) is 8.55. The van der Waals surface area contributed by atoms with Crippen molar-refractivity contribution in [2.45, 2.75) is 6.92 Å². The predicted octanol–water partition coefficient (Wildman–Crippen LogP) is 2.78. The van der Waals surface area contributed by atoms with E-state index in [0.717, 1.165) is 0 Å². The predicted molar refractivity (Wildman–Crippen MR) is 39.2 cm³/mol. The summed E-state index contributed by atoms with van der Waals surface area (Å²) in [6.45, 7) is 1.67. The van der Waals surface area contributed by atoms with E-state index < -0.39 is 0 Å². The Morgan fingerprint density at radius 3 is 2.33 bits per heavy atom. The van der Waals surface area contributed by atoms with Crippen LogP contribution in [-0.4, -0.2) is 0 Å². The third-order valence-corrected chi connectivity index (χ3v) is 0.888. The molecule has 48 valence electrons. The van der Waals surface area contributed by atoms with Gasteiger partial charge in [0.15, 0.2) is 0 Å². The van der Waals surface area contributed by atoms with Gasteiger partial charge in [0.1, 0.15) is 4.49 Å². The zero-order valence-electron chi connectivity index (χ0n) is 4.86. The molecule has 0 aromatic carbocycles. The highest BCUT2D eigenvalue weighted by Gasteiger charge is 1.80. The Hall–Kier alpha value is -0.450. The van der Waals surface area contributed by atoms with Crippen molar-refractivity contribution >= 4 is 23.2 Å². The summed E-state index contributed by atoms with van der Waals surface area (Å²) in [5.74, 6) is 0. The number of rotatable bonds is 1. The summed E-state index contributed by atoms with van der Waals surface area (Å²) in [6, 6.07) is 1.92. The van der Waals surface area contributed by atoms with Gasteiger partial charge in [0, 0.05) is 5.57 Å². The Balaban J connectivity index is 4.03. The quantitative estimate of drug-likeness (QED) is 0.429. The lowest BCUT2D eigenvalue weighted by Gasteiger charge is -1.78. The van der Waals surface area contributed by atoms with Crippen LogP contribution in [0.5, 0.6) is 0 Å². The van der Waals surface area contributed by atoms with Gasteiger partial charge in [0.25, 0.3) is 0 Å². The lowest BCUT2D eigenvalue weighted by molar-refractivity contribution is 1.44. The first-order chi connectivity index (χ1) is 4.16. The Labute approximate surface area is 64.2 Å². The molecule has 0 bridgehead atoms. The highest BCUT2D eigenvalue weighted by molar-refractivity contribution is 6.55. The fourth-order valence-corrected chi connectivity index (χ4v) is 0.351. The van der Waals surface area contributed by atoms with Crippen LogP contribution < -0.4 is 0 Å². The van der Waals surface area contributed by atoms with Crippen molar-refractivity contribution in [3.05, 3.63) is 22.2 Å². The maximum absolute atomic E-state index is 8.21. The van der Waals surface area contributed by atoms with Crippen molar-refractivity contribution < 1.29 is 0 Å². The van der Waals surface area contributed by atoms with Gasteiger partial charge in [-0.25, -0.2) is 0 Å². The van der Waals surface area contributed by atoms with E-state index >= 15 is 0 Å². The van der Waals surface area contributed by atoms with Gasteiger partial charge >= 0.3 is 0 Å². The number of hydrogen-bond acceptors (Lipinski definition) is 1. The monoisotopic (exact) mass is 161 g/mol. The van der Waals surface area contributed by atoms with Crippen LogP contribution >= 0.6 is 23.2 Å². The smallest absolute Gasteiger partial charge is 0.106 e. The van der Waals surface area contributed by atoms with Crippen LogP contribution in [0.1, 0.15) is 6.92 Å². The summed E-state index contributed by atoms with van der Waals surface area (Å²) in [4.78, 5) is 0. The van der Waals surface area contributed by atoms with Crippen LogP contribution in [0.4, 0.5) is 0 Å². The van der Waals surface area contributed by atoms with E-state index in [9.17, 15) is 0 Å². The second-order valence-corrected chi connectivity index (χ2v) is 2.43. The molecule has 0 rings (SSSR count). The lowest BCUT2D eigenvalue weighted by atomic mass is 10.3. The molecule has 0 aliphatic rings. The van der Waals surface area contributed by atoms with Crippen molar-refractivity contribution in [1.29, 1.82) is 5.26 Å². The topological polar surface area (TPSA) is 23.8 Å². The standard InChI is InChI=1S/C6H5Cl2N/c1-5(4-9)2-3-6(7)8/h2-3H,1H3. The van der Waals surface area contributed by atoms with Gasteiger partial charge < -0.3 is 0 Å². The molecule has 0 radical (unpaired) electrons. The Kier molecular flexibility index (Phi) is 4.21. The van der Waals surface area contributed by atoms with E-state index in [4.69, 9.17) is 28.5 Å². The molecule has 0 fully saturated rings. The molecule has 0 saturated heterocycles. The zero-order chi connectivity index (χ0) is 7.28. The van der Waals surface area contributed by atoms with Crippen LogP contribution in [0.2, 0.25) is 0 Å². The third kappa shape index (κ3) is 5.42. The molecule has 1 nitrogen and oxygen atoms in total. The van der Waals surface area contributed by atoms with E-state index in [-0.39, 0.29) is 4.49 Å². The van der Waals surface area contributed by atoms with E-state index in [1.54, 1.807) is 13.0 Å². The minimum Gasteiger partial charge on any atom is -0.193 e. The average Bonchev–Trinajstić information content (AvgIpc) is 1.83. The minimum absolute atomic E-state index is 0.157. The molecule has 0 atom stereocenters. The summed E-state index contributed by atoms with van der Waals surface area (Å²) in [7, 11) is 0. The molecule has 0 aromatic heterocycles. The molecular weight excluding hydrogens is 157 g/mol. The number of nitrogens with zero attached hydrogens (tertiary/aromatic N) is 1. The van der Waals surface area contributed by atoms with Crippen LogP contribution in [0.3, 0.4) is 0 Å². The van der Waals surface area contributed by atoms with Gasteiger partial charge in [-0.15, -0.1) is 0 Å². The van der Waals surface area contributed by atoms with Gasteiger partial charge in [-0.1, -0.05) is 23.2 Å². The van der Waals surface area contributed by atoms with E-state index in [2.05, 4.69) is 0 Å². The summed E-state index contributed by atoms with van der Waals surface area (Å²) >= 11 is 10.5. The van der Waals surface area contributed by atoms with Crippen molar-refractivity contribution in [3.8, 4) is 6.07 Å². The summed E-state index contributed by atoms with van der Waals surface area (Å²) in [5.41, 5.74) is 0.578. The van der Waals surface area contributed by atoms with E-state index in [1.807, 2.05) is 6.07 Å². The molecule has 0 amide bonds. The molecule has 0 heterocycles. The Morgan fingerprint density at radius 1 is 1.44 bits per heavy atom. The summed E-state index contributed by atoms with van der Waals surface area (Å²) in [5, 5.41) is 8.21. The van der Waals surface area contributed by atoms with Gasteiger partial charge in [-0.3, -0.25) is 0 Å². The fraction of sp³-hybridized carbons (Fsp3) is 0.167. The van der Waals surface area contributed by atoms with E-state index in [1.165, 1.54) is 6.08 Å². The molecule has 0 spiro atoms. The van der Waals surface area contributed by atoms with Crippen LogP contribution in [0, 0.1) is 11.3 Å². The maximum atomic E-state index is 8.21. The van der Waals surface area contributed by atoms with Crippen molar-refractivity contribution in [3.63, 3.8) is 0 Å². The van der Waals surface area contributed by atoms with E-state index in [0.29, 0.717) is 5.57 Å². The lowest BCUT2D eigenvalue weighted by Crippen LogP contribution is -1.63. The van der Waals surface area contributed by atoms with Crippen molar-refractivity contribution in [1.82, 2.24) is 0 Å². The third-order valence-electron chi connectivity index (χ3n) is 0.636. The number of halogens is 2. The number of nitriles is 1. The summed E-state index contributed by atoms with van der Waals surface area (Å²) in [6.07, 6.45) is 3.01. The van der Waals surface area contributed by atoms with Crippen molar-refractivity contribution in [2.75, 3.05) is 0 Å². The van der Waals surface area contributed by atoms with Gasteiger partial charge in [-0.05, 0) is 19.1 Å². The van der Waals surface area contributed by atoms with Crippen molar-refractivity contribution in [2.24, 2.45) is 0 Å². The second-order valence-electron chi connectivity index (χ2n) is 1.42. The largest absolute Gasteiger partial charge is 0.193 e. The van der Waals surface area contributed by atoms with Gasteiger partial charge in [-0.2, -0.15) is 5.26 Å². The Morgan fingerprint density at radius 2 is 2.00 bits per heavy atom. The SMILES string of the molecule is CC(C#N)=CC=C(Cl)Cl. The zero-order valence-corrected chi connectivity index (χ0v) is 6.37. The van der Waals surface area contributed by atoms with Crippen LogP contribution in [0.25, 0.3) is 0 Å². The summed E-state index contributed by atoms with van der Waals surface area (Å²) < 4.78 is 0.157. The molecule has 0 saturated carbocycles. The molecule has 0 aliphatic heterocycles. The average molecular weight is 162 g/mol. The Bertz CT molecular complexity index is 182. The maximum Gasteiger partial charge on any atom is 0.106 e. The second kappa shape index (κ2) is 4.43. The number of hydrogen-bond donors (Lipinski definition) is 0. The molecule has 0 unspecified atom stereocenters. The first-order valence-corrected chi connectivity index (χ1v) is 3.02. The van der Waals surface area contributed by atoms with Crippen LogP contribution in [0.15, 0.2) is 22.2 Å². The molecule has 9 heavy (non-hydrogen) atoms. The van der Waals surface area contributed by atoms with Crippen LogP contribution in [-0.2, 0) is 0 Å². The minimum atomic E-state index is 0.157. The fourth-order valence-electron chi connectivity index (χ4n) is 0.225. The molecule has 0 aliphatic carbocycles. The first-order valence-electron chi connectivity index (χ1n) is 2.26. The number of allylic oxidation sites excluding steroid dienone is 3. The van der Waals surface area contributed by atoms with Gasteiger partial charge in [0.2, 0.25) is 0 Å². The normalized spacial score (nSPS) is 10.2. The highest BCUT2D eigenvalue weighted by atomic mass is 35.5. The molecule has 0 aromatic rings. The highest BCUT2D eigenvalue weighted by Crippen LogP contribution is 2.06. The van der Waals surface area contributed by atoms with Gasteiger partial charge in [0.05, 0.1) is 6.07 Å². The molecule has 3 heteroatoms. The molecule has 0 N–H and O–H groups in total.